The van der Waals surface area contributed by atoms with Crippen molar-refractivity contribution < 1.29 is 73.7 Å². The predicted octanol–water partition coefficient (Wildman–Crippen LogP) is 1.24. The molecule has 0 spiro atoms. The molecule has 0 bridgehead atoms. The molecule has 104 valence electrons. The molecule has 0 heterocycles. The molecule has 1 fully saturated rings. The minimum absolute atomic E-state index is 0. The van der Waals surface area contributed by atoms with Crippen LogP contribution in [0.5, 0.6) is 0 Å². The Kier molecular flexibility index (Phi) is 6.28. The molecular formula is C13H12F4KOP. The van der Waals surface area contributed by atoms with E-state index in [9.17, 15) is 22.4 Å². The second-order valence-electron chi connectivity index (χ2n) is 4.78. The van der Waals surface area contributed by atoms with Gasteiger partial charge in [-0.25, -0.2) is 8.78 Å². The van der Waals surface area contributed by atoms with Gasteiger partial charge in [-0.2, -0.15) is 6.07 Å². The molecule has 1 aliphatic carbocycles. The first kappa shape index (κ1) is 18.6. The number of Topliss-reactive ketones (excluding diaryl/α,β-unsaturated/α-hetero) is 1. The van der Waals surface area contributed by atoms with Crippen LogP contribution < -0.4 is 51.4 Å². The number of carbonyl (C=O) groups is 1. The summed E-state index contributed by atoms with van der Waals surface area (Å²) in [5, 5.41) is 0. The fourth-order valence-corrected chi connectivity index (χ4v) is 2.54. The van der Waals surface area contributed by atoms with Crippen molar-refractivity contribution in [1.82, 2.24) is 0 Å². The van der Waals surface area contributed by atoms with Crippen LogP contribution in [0.2, 0.25) is 0 Å². The van der Waals surface area contributed by atoms with Crippen molar-refractivity contribution in [1.29, 1.82) is 0 Å². The average Bonchev–Trinajstić information content (AvgIpc) is 3.07. The summed E-state index contributed by atoms with van der Waals surface area (Å²) in [6, 6.07) is 3.69. The van der Waals surface area contributed by atoms with Crippen molar-refractivity contribution in [3.8, 4) is 0 Å². The van der Waals surface area contributed by atoms with Gasteiger partial charge in [0, 0.05) is 5.92 Å². The van der Waals surface area contributed by atoms with Crippen LogP contribution in [0.25, 0.3) is 0 Å². The van der Waals surface area contributed by atoms with E-state index in [2.05, 4.69) is 0 Å². The zero-order chi connectivity index (χ0) is 14.4. The molecule has 1 aliphatic rings. The Balaban J connectivity index is 0.00000200. The number of ketones is 1. The molecule has 0 radical (unpaired) electrons. The maximum absolute atomic E-state index is 13.1. The number of hydrogen-bond acceptors (Lipinski definition) is 1. The van der Waals surface area contributed by atoms with E-state index >= 15 is 0 Å². The van der Waals surface area contributed by atoms with Crippen LogP contribution in [0.3, 0.4) is 0 Å². The van der Waals surface area contributed by atoms with E-state index in [0.29, 0.717) is 5.56 Å². The molecule has 0 aromatic heterocycles. The topological polar surface area (TPSA) is 17.1 Å². The van der Waals surface area contributed by atoms with Gasteiger partial charge in [-0.3, -0.25) is 13.6 Å². The van der Waals surface area contributed by atoms with E-state index in [1.165, 1.54) is 28.3 Å². The third-order valence-electron chi connectivity index (χ3n) is 3.29. The van der Waals surface area contributed by atoms with Gasteiger partial charge in [0.1, 0.15) is 5.78 Å². The molecule has 0 N–H and O–H groups in total. The van der Waals surface area contributed by atoms with Crippen molar-refractivity contribution in [3.05, 3.63) is 41.3 Å². The van der Waals surface area contributed by atoms with Gasteiger partial charge >= 0.3 is 51.4 Å². The third kappa shape index (κ3) is 4.28. The Hall–Kier alpha value is 0.546. The summed E-state index contributed by atoms with van der Waals surface area (Å²) >= 11 is 0. The van der Waals surface area contributed by atoms with Crippen molar-refractivity contribution in [3.63, 3.8) is 0 Å². The van der Waals surface area contributed by atoms with E-state index in [0.717, 1.165) is 6.07 Å². The van der Waals surface area contributed by atoms with E-state index < -0.39 is 23.9 Å². The second-order valence-corrected chi connectivity index (χ2v) is 5.55. The fourth-order valence-electron chi connectivity index (χ4n) is 2.17. The molecule has 2 rings (SSSR count). The van der Waals surface area contributed by atoms with Gasteiger partial charge in [0.05, 0.1) is 0 Å². The smallest absolute Gasteiger partial charge is 0.296 e. The summed E-state index contributed by atoms with van der Waals surface area (Å²) in [4.78, 5) is 11.3. The van der Waals surface area contributed by atoms with E-state index in [1.807, 2.05) is 0 Å². The van der Waals surface area contributed by atoms with Gasteiger partial charge in [0.2, 0.25) is 0 Å². The quantitative estimate of drug-likeness (QED) is 0.267. The Morgan fingerprint density at radius 1 is 1.35 bits per heavy atom. The van der Waals surface area contributed by atoms with Crippen LogP contribution in [0.15, 0.2) is 18.2 Å². The number of benzene rings is 1. The van der Waals surface area contributed by atoms with Crippen LogP contribution >= 0.6 is 9.24 Å². The number of rotatable bonds is 4. The monoisotopic (exact) mass is 330 g/mol. The maximum Gasteiger partial charge on any atom is 1.00 e. The number of hydrogen-bond donors (Lipinski definition) is 0. The summed E-state index contributed by atoms with van der Waals surface area (Å²) in [6.07, 6.45) is -1.68. The molecule has 1 aromatic carbocycles. The minimum atomic E-state index is -2.91. The number of alkyl halides is 2. The van der Waals surface area contributed by atoms with Crippen molar-refractivity contribution in [2.24, 2.45) is 5.92 Å². The van der Waals surface area contributed by atoms with Gasteiger partial charge < -0.3 is 0 Å². The first-order chi connectivity index (χ1) is 8.70. The van der Waals surface area contributed by atoms with Crippen molar-refractivity contribution >= 4 is 15.0 Å². The van der Waals surface area contributed by atoms with Gasteiger partial charge in [0.25, 0.3) is 5.66 Å². The van der Waals surface area contributed by atoms with Crippen LogP contribution in [0.4, 0.5) is 17.6 Å². The summed E-state index contributed by atoms with van der Waals surface area (Å²) in [5.74, 6) is -1.70. The standard InChI is InChI=1S/C13H12F4OP.K/c1-6(18)7-2-8(4-9(3-7)12(14)15)10-5-11(10)13(16,17)19;/h2-4,10-11H,5,19H2,1H3;/q-1;+1. The SMILES string of the molecule is CC(=O)c1cc([C-](F)F)cc(C2CC2C(F)(F)P)c1.[K+]. The molecule has 1 aromatic rings. The molecule has 0 amide bonds. The largest absolute Gasteiger partial charge is 1.00 e. The predicted molar refractivity (Wildman–Crippen MR) is 66.5 cm³/mol. The molecule has 1 nitrogen and oxygen atoms in total. The van der Waals surface area contributed by atoms with E-state index in [1.54, 1.807) is 0 Å². The van der Waals surface area contributed by atoms with E-state index in [4.69, 9.17) is 0 Å². The van der Waals surface area contributed by atoms with E-state index in [-0.39, 0.29) is 74.7 Å². The Morgan fingerprint density at radius 2 is 1.95 bits per heavy atom. The van der Waals surface area contributed by atoms with Crippen LogP contribution in [-0.4, -0.2) is 11.4 Å². The van der Waals surface area contributed by atoms with Crippen molar-refractivity contribution in [2.75, 3.05) is 0 Å². The van der Waals surface area contributed by atoms with Crippen LogP contribution in [0, 0.1) is 12.3 Å². The Morgan fingerprint density at radius 3 is 2.35 bits per heavy atom. The van der Waals surface area contributed by atoms with Gasteiger partial charge in [-0.15, -0.1) is 11.6 Å². The fraction of sp³-hybridized carbons (Fsp3) is 0.385. The summed E-state index contributed by atoms with van der Waals surface area (Å²) in [5.41, 5.74) is -2.78. The van der Waals surface area contributed by atoms with Gasteiger partial charge in [0.15, 0.2) is 6.43 Å². The average molecular weight is 330 g/mol. The second kappa shape index (κ2) is 6.76. The maximum atomic E-state index is 13.1. The van der Waals surface area contributed by atoms with Gasteiger partial charge in [-0.05, 0) is 24.8 Å². The number of halogens is 4. The number of carbonyl (C=O) groups excluding carboxylic acids is 1. The molecule has 7 heteroatoms. The van der Waals surface area contributed by atoms with Crippen molar-refractivity contribution in [2.45, 2.75) is 24.9 Å². The molecule has 3 atom stereocenters. The third-order valence-corrected chi connectivity index (χ3v) is 3.72. The summed E-state index contributed by atoms with van der Waals surface area (Å²) < 4.78 is 51.5. The molecule has 1 saturated carbocycles. The van der Waals surface area contributed by atoms with Gasteiger partial charge in [-0.1, -0.05) is 20.9 Å². The molecule has 3 unspecified atom stereocenters. The zero-order valence-electron chi connectivity index (χ0n) is 11.1. The first-order valence-electron chi connectivity index (χ1n) is 5.71. The Labute approximate surface area is 159 Å². The molecule has 0 saturated heterocycles. The normalized spacial score (nSPS) is 21.1. The zero-order valence-corrected chi connectivity index (χ0v) is 15.4. The summed E-state index contributed by atoms with van der Waals surface area (Å²) in [6.45, 7) is 1.26. The molecule has 20 heavy (non-hydrogen) atoms. The molecule has 0 aliphatic heterocycles. The minimum Gasteiger partial charge on any atom is -0.296 e. The van der Waals surface area contributed by atoms with Crippen LogP contribution in [-0.2, 0) is 0 Å². The van der Waals surface area contributed by atoms with Crippen LogP contribution in [0.1, 0.15) is 40.7 Å². The Bertz CT molecular complexity index is 516. The first-order valence-corrected chi connectivity index (χ1v) is 6.29. The summed E-state index contributed by atoms with van der Waals surface area (Å²) in [7, 11) is 1.48. The molecular weight excluding hydrogens is 318 g/mol.